The van der Waals surface area contributed by atoms with Gasteiger partial charge >= 0.3 is 6.18 Å². The highest BCUT2D eigenvalue weighted by molar-refractivity contribution is 5.99. The smallest absolute Gasteiger partial charge is 0.368 e. The minimum atomic E-state index is -4.49. The number of benzene rings is 1. The van der Waals surface area contributed by atoms with Crippen LogP contribution in [0, 0.1) is 0 Å². The van der Waals surface area contributed by atoms with Crippen LogP contribution >= 0.6 is 0 Å². The summed E-state index contributed by atoms with van der Waals surface area (Å²) in [6.45, 7) is 3.92. The van der Waals surface area contributed by atoms with Crippen LogP contribution in [0.1, 0.15) is 22.8 Å². The van der Waals surface area contributed by atoms with Crippen LogP contribution in [0.4, 0.5) is 18.9 Å². The topological polar surface area (TPSA) is 58.4 Å². The summed E-state index contributed by atoms with van der Waals surface area (Å²) >= 11 is 0. The molecule has 1 amide bonds. The van der Waals surface area contributed by atoms with E-state index in [9.17, 15) is 18.0 Å². The van der Waals surface area contributed by atoms with Crippen molar-refractivity contribution in [1.82, 2.24) is 5.32 Å². The zero-order valence-electron chi connectivity index (χ0n) is 11.0. The van der Waals surface area contributed by atoms with E-state index in [1.165, 1.54) is 6.07 Å². The molecule has 20 heavy (non-hydrogen) atoms. The fourth-order valence-corrected chi connectivity index (χ4v) is 2.34. The van der Waals surface area contributed by atoms with E-state index in [0.29, 0.717) is 25.3 Å². The van der Waals surface area contributed by atoms with E-state index < -0.39 is 17.6 Å². The quantitative estimate of drug-likeness (QED) is 0.868. The van der Waals surface area contributed by atoms with Gasteiger partial charge in [0.15, 0.2) is 0 Å². The highest BCUT2D eigenvalue weighted by atomic mass is 19.4. The van der Waals surface area contributed by atoms with Crippen molar-refractivity contribution in [3.63, 3.8) is 0 Å². The SMILES string of the molecule is C[C@@H]1CN(c2ccc(C(F)(F)F)cc2C(N)=O)CCN1. The fraction of sp³-hybridized carbons (Fsp3) is 0.462. The fourth-order valence-electron chi connectivity index (χ4n) is 2.34. The van der Waals surface area contributed by atoms with Crippen molar-refractivity contribution in [1.29, 1.82) is 0 Å². The summed E-state index contributed by atoms with van der Waals surface area (Å²) in [5.41, 5.74) is 4.73. The van der Waals surface area contributed by atoms with Gasteiger partial charge < -0.3 is 16.0 Å². The first-order chi connectivity index (χ1) is 9.29. The number of amides is 1. The molecule has 1 aromatic carbocycles. The number of carbonyl (C=O) groups is 1. The van der Waals surface area contributed by atoms with Gasteiger partial charge in [0.25, 0.3) is 5.91 Å². The van der Waals surface area contributed by atoms with E-state index in [1.807, 2.05) is 11.8 Å². The molecule has 2 rings (SSSR count). The van der Waals surface area contributed by atoms with Crippen LogP contribution in [0.25, 0.3) is 0 Å². The molecule has 0 aromatic heterocycles. The number of piperazine rings is 1. The molecule has 7 heteroatoms. The zero-order chi connectivity index (χ0) is 14.9. The number of nitrogens with two attached hydrogens (primary N) is 1. The first-order valence-electron chi connectivity index (χ1n) is 6.28. The minimum absolute atomic E-state index is 0.0890. The van der Waals surface area contributed by atoms with Gasteiger partial charge in [-0.05, 0) is 25.1 Å². The van der Waals surface area contributed by atoms with Crippen LogP contribution in [-0.2, 0) is 6.18 Å². The van der Waals surface area contributed by atoms with Crippen LogP contribution in [0.2, 0.25) is 0 Å². The van der Waals surface area contributed by atoms with Crippen molar-refractivity contribution in [2.75, 3.05) is 24.5 Å². The molecule has 0 unspecified atom stereocenters. The predicted molar refractivity (Wildman–Crippen MR) is 69.6 cm³/mol. The summed E-state index contributed by atoms with van der Waals surface area (Å²) in [6.07, 6.45) is -4.49. The van der Waals surface area contributed by atoms with Gasteiger partial charge in [-0.25, -0.2) is 0 Å². The van der Waals surface area contributed by atoms with E-state index in [-0.39, 0.29) is 11.6 Å². The molecule has 3 N–H and O–H groups in total. The molecule has 1 atom stereocenters. The minimum Gasteiger partial charge on any atom is -0.368 e. The molecule has 1 aromatic rings. The largest absolute Gasteiger partial charge is 0.416 e. The number of hydrogen-bond acceptors (Lipinski definition) is 3. The summed E-state index contributed by atoms with van der Waals surface area (Å²) < 4.78 is 38.1. The Balaban J connectivity index is 2.40. The number of anilines is 1. The third-order valence-corrected chi connectivity index (χ3v) is 3.30. The van der Waals surface area contributed by atoms with Gasteiger partial charge in [-0.3, -0.25) is 4.79 Å². The molecule has 0 saturated carbocycles. The third kappa shape index (κ3) is 3.04. The number of alkyl halides is 3. The van der Waals surface area contributed by atoms with Crippen LogP contribution in [0.5, 0.6) is 0 Å². The standard InChI is InChI=1S/C13H16F3N3O/c1-8-7-19(5-4-18-8)11-3-2-9(13(14,15)16)6-10(11)12(17)20/h2-3,6,8,18H,4-5,7H2,1H3,(H2,17,20)/t8-/m1/s1. The maximum Gasteiger partial charge on any atom is 0.416 e. The van der Waals surface area contributed by atoms with Crippen LogP contribution in [0.15, 0.2) is 18.2 Å². The molecule has 0 bridgehead atoms. The second-order valence-corrected chi connectivity index (χ2v) is 4.90. The summed E-state index contributed by atoms with van der Waals surface area (Å²) in [4.78, 5) is 13.3. The van der Waals surface area contributed by atoms with Crippen LogP contribution < -0.4 is 16.0 Å². The molecular formula is C13H16F3N3O. The summed E-state index contributed by atoms with van der Waals surface area (Å²) in [7, 11) is 0. The molecule has 1 fully saturated rings. The van der Waals surface area contributed by atoms with Crippen LogP contribution in [0.3, 0.4) is 0 Å². The number of hydrogen-bond donors (Lipinski definition) is 2. The Morgan fingerprint density at radius 3 is 2.70 bits per heavy atom. The van der Waals surface area contributed by atoms with Crippen molar-refractivity contribution in [2.45, 2.75) is 19.1 Å². The lowest BCUT2D eigenvalue weighted by Crippen LogP contribution is -2.49. The average Bonchev–Trinajstić information content (AvgIpc) is 2.37. The highest BCUT2D eigenvalue weighted by Gasteiger charge is 2.32. The maximum absolute atomic E-state index is 12.7. The summed E-state index contributed by atoms with van der Waals surface area (Å²) in [5.74, 6) is -0.850. The Kier molecular flexibility index (Phi) is 3.89. The number of rotatable bonds is 2. The maximum atomic E-state index is 12.7. The van der Waals surface area contributed by atoms with Gasteiger partial charge in [0.1, 0.15) is 0 Å². The molecule has 0 radical (unpaired) electrons. The second kappa shape index (κ2) is 5.32. The molecule has 1 aliphatic rings. The molecular weight excluding hydrogens is 271 g/mol. The Hall–Kier alpha value is -1.76. The number of carbonyl (C=O) groups excluding carboxylic acids is 1. The van der Waals surface area contributed by atoms with E-state index in [1.54, 1.807) is 0 Å². The van der Waals surface area contributed by atoms with E-state index >= 15 is 0 Å². The van der Waals surface area contributed by atoms with Crippen molar-refractivity contribution in [3.05, 3.63) is 29.3 Å². The Morgan fingerprint density at radius 1 is 1.45 bits per heavy atom. The third-order valence-electron chi connectivity index (χ3n) is 3.30. The van der Waals surface area contributed by atoms with Crippen molar-refractivity contribution < 1.29 is 18.0 Å². The lowest BCUT2D eigenvalue weighted by molar-refractivity contribution is -0.137. The highest BCUT2D eigenvalue weighted by Crippen LogP contribution is 2.33. The van der Waals surface area contributed by atoms with Gasteiger partial charge in [-0.15, -0.1) is 0 Å². The normalized spacial score (nSPS) is 20.0. The van der Waals surface area contributed by atoms with Crippen molar-refractivity contribution in [3.8, 4) is 0 Å². The number of nitrogens with one attached hydrogen (secondary N) is 1. The first-order valence-corrected chi connectivity index (χ1v) is 6.28. The summed E-state index contributed by atoms with van der Waals surface area (Å²) in [5, 5.41) is 3.23. The number of nitrogens with zero attached hydrogens (tertiary/aromatic N) is 1. The van der Waals surface area contributed by atoms with Gasteiger partial charge in [-0.1, -0.05) is 0 Å². The lowest BCUT2D eigenvalue weighted by atomic mass is 10.1. The van der Waals surface area contributed by atoms with Gasteiger partial charge in [0.05, 0.1) is 11.1 Å². The molecule has 0 aliphatic carbocycles. The van der Waals surface area contributed by atoms with Gasteiger partial charge in [0, 0.05) is 31.4 Å². The van der Waals surface area contributed by atoms with Crippen LogP contribution in [-0.4, -0.2) is 31.6 Å². The second-order valence-electron chi connectivity index (χ2n) is 4.90. The molecule has 1 heterocycles. The predicted octanol–water partition coefficient (Wildman–Crippen LogP) is 1.60. The Labute approximate surface area is 114 Å². The first kappa shape index (κ1) is 14.6. The molecule has 1 saturated heterocycles. The van der Waals surface area contributed by atoms with Crippen molar-refractivity contribution >= 4 is 11.6 Å². The van der Waals surface area contributed by atoms with E-state index in [4.69, 9.17) is 5.73 Å². The average molecular weight is 287 g/mol. The summed E-state index contributed by atoms with van der Waals surface area (Å²) in [6, 6.07) is 3.33. The molecule has 1 aliphatic heterocycles. The Bertz CT molecular complexity index is 516. The van der Waals surface area contributed by atoms with E-state index in [2.05, 4.69) is 5.32 Å². The molecule has 0 spiro atoms. The molecule has 4 nitrogen and oxygen atoms in total. The van der Waals surface area contributed by atoms with Gasteiger partial charge in [-0.2, -0.15) is 13.2 Å². The number of halogens is 3. The monoisotopic (exact) mass is 287 g/mol. The van der Waals surface area contributed by atoms with Crippen molar-refractivity contribution in [2.24, 2.45) is 5.73 Å². The molecule has 110 valence electrons. The lowest BCUT2D eigenvalue weighted by Gasteiger charge is -2.34. The van der Waals surface area contributed by atoms with E-state index in [0.717, 1.165) is 12.1 Å². The Morgan fingerprint density at radius 2 is 2.15 bits per heavy atom. The zero-order valence-corrected chi connectivity index (χ0v) is 11.0. The number of primary amides is 1. The van der Waals surface area contributed by atoms with Gasteiger partial charge in [0.2, 0.25) is 0 Å².